The summed E-state index contributed by atoms with van der Waals surface area (Å²) in [7, 11) is 0. The van der Waals surface area contributed by atoms with E-state index in [0.717, 1.165) is 0 Å². The smallest absolute Gasteiger partial charge is 0.305 e. The molecule has 99 heavy (non-hydrogen) atoms. The first-order valence-corrected chi connectivity index (χ1v) is 33.2. The number of nitrogens with two attached hydrogens (primary N) is 9. The first-order chi connectivity index (χ1) is 46.8. The summed E-state index contributed by atoms with van der Waals surface area (Å²) >= 11 is 8.42. The maximum Gasteiger partial charge on any atom is 0.305 e. The van der Waals surface area contributed by atoms with Gasteiger partial charge in [-0.05, 0) is 68.8 Å². The summed E-state index contributed by atoms with van der Waals surface area (Å²) in [6.07, 6.45) is 0.586. The Bertz CT molecular complexity index is 2950. The molecule has 0 aliphatic heterocycles. The Balaban J connectivity index is 3.42. The largest absolute Gasteiger partial charge is 0.481 e. The fraction of sp³-hybridized carbons (Fsp3) is 0.610. The molecule has 0 aromatic heterocycles. The SMILES string of the molecule is CC[C@H](C)[C@H](NC(=O)[C@H](CCCN=C(N)N)NC(=O)[C@H](CC(=O)O)NC(=O)[C@@H](NC(=O)[C@H](CCCN=C(N)N)NC(=O)CNC(=O)CNC(=O)[C@H](Cc1ccccc1)NC(=O)[C@H](CS)NC(=O)[C@@H](N)CCCN=C(N)N)[C@@H](C)CC)C(=O)N[C@@H](CS)C(=O)N[C@H](C=O)CCCN=C(N)N. The Labute approximate surface area is 585 Å². The summed E-state index contributed by atoms with van der Waals surface area (Å²) in [6.45, 7) is 5.37. The molecule has 0 radical (unpaired) electrons. The lowest BCUT2D eigenvalue weighted by Gasteiger charge is -2.30. The van der Waals surface area contributed by atoms with Gasteiger partial charge in [-0.3, -0.25) is 77.5 Å². The van der Waals surface area contributed by atoms with Crippen LogP contribution in [0.1, 0.15) is 104 Å². The lowest BCUT2D eigenvalue weighted by atomic mass is 9.96. The Kier molecular flexibility index (Phi) is 42.4. The minimum Gasteiger partial charge on any atom is -0.481 e. The number of carbonyl (C=O) groups excluding carboxylic acids is 12. The molecular weight excluding hydrogens is 1330 g/mol. The van der Waals surface area contributed by atoms with E-state index >= 15 is 0 Å². The van der Waals surface area contributed by atoms with Gasteiger partial charge in [0.1, 0.15) is 54.6 Å². The van der Waals surface area contributed by atoms with Crippen LogP contribution >= 0.6 is 25.3 Å². The molecule has 0 saturated carbocycles. The van der Waals surface area contributed by atoms with Crippen molar-refractivity contribution in [2.75, 3.05) is 50.8 Å². The van der Waals surface area contributed by atoms with Crippen LogP contribution in [-0.2, 0) is 68.7 Å². The Morgan fingerprint density at radius 1 is 0.455 bits per heavy atom. The van der Waals surface area contributed by atoms with Crippen molar-refractivity contribution in [3.8, 4) is 0 Å². The van der Waals surface area contributed by atoms with Crippen LogP contribution in [0.3, 0.4) is 0 Å². The molecule has 0 aliphatic rings. The van der Waals surface area contributed by atoms with Crippen LogP contribution in [0.2, 0.25) is 0 Å². The Morgan fingerprint density at radius 3 is 1.28 bits per heavy atom. The van der Waals surface area contributed by atoms with E-state index in [-0.39, 0.29) is 113 Å². The monoisotopic (exact) mass is 1430 g/mol. The van der Waals surface area contributed by atoms with Crippen molar-refractivity contribution in [2.45, 2.75) is 165 Å². The van der Waals surface area contributed by atoms with Crippen molar-refractivity contribution in [1.82, 2.24) is 58.5 Å². The number of aliphatic imine (C=N–C) groups is 4. The molecular formula is C59H102N24O14S2. The third kappa shape index (κ3) is 36.4. The average molecular weight is 1440 g/mol. The molecule has 0 spiro atoms. The first kappa shape index (κ1) is 87.3. The molecule has 1 rings (SSSR count). The fourth-order valence-corrected chi connectivity index (χ4v) is 9.55. The molecule has 0 aliphatic carbocycles. The summed E-state index contributed by atoms with van der Waals surface area (Å²) in [5.41, 5.74) is 50.0. The molecule has 11 amide bonds. The second-order valence-electron chi connectivity index (χ2n) is 23.0. The van der Waals surface area contributed by atoms with Crippen LogP contribution in [0.5, 0.6) is 0 Å². The van der Waals surface area contributed by atoms with Crippen LogP contribution in [0.4, 0.5) is 0 Å². The number of hydrogen-bond acceptors (Lipinski definition) is 20. The molecule has 1 aromatic carbocycles. The quantitative estimate of drug-likeness (QED) is 0.00947. The van der Waals surface area contributed by atoms with E-state index in [2.05, 4.69) is 104 Å². The summed E-state index contributed by atoms with van der Waals surface area (Å²) in [4.78, 5) is 191. The molecule has 554 valence electrons. The number of thiol groups is 2. The van der Waals surface area contributed by atoms with Gasteiger partial charge in [-0.15, -0.1) is 0 Å². The number of nitrogens with one attached hydrogen (secondary N) is 11. The number of rotatable bonds is 49. The van der Waals surface area contributed by atoms with E-state index in [1.165, 1.54) is 0 Å². The molecule has 0 heterocycles. The van der Waals surface area contributed by atoms with E-state index < -0.39 is 163 Å². The minimum absolute atomic E-state index is 0.0272. The highest BCUT2D eigenvalue weighted by Gasteiger charge is 2.37. The van der Waals surface area contributed by atoms with Crippen LogP contribution in [0.15, 0.2) is 50.3 Å². The summed E-state index contributed by atoms with van der Waals surface area (Å²) in [5.74, 6) is -14.2. The van der Waals surface area contributed by atoms with E-state index in [4.69, 9.17) is 51.6 Å². The second-order valence-corrected chi connectivity index (χ2v) is 23.7. The van der Waals surface area contributed by atoms with Gasteiger partial charge in [0.2, 0.25) is 65.0 Å². The number of guanidine groups is 4. The molecule has 0 bridgehead atoms. The van der Waals surface area contributed by atoms with Crippen LogP contribution in [0.25, 0.3) is 0 Å². The van der Waals surface area contributed by atoms with Crippen molar-refractivity contribution >= 4 is 126 Å². The molecule has 12 atom stereocenters. The van der Waals surface area contributed by atoms with Gasteiger partial charge in [-0.2, -0.15) is 25.3 Å². The third-order valence-corrected chi connectivity index (χ3v) is 15.7. The van der Waals surface area contributed by atoms with E-state index in [1.54, 1.807) is 58.0 Å². The predicted octanol–water partition coefficient (Wildman–Crippen LogP) is -8.01. The van der Waals surface area contributed by atoms with Crippen molar-refractivity contribution in [3.05, 3.63) is 35.9 Å². The van der Waals surface area contributed by atoms with Gasteiger partial charge in [-0.25, -0.2) is 0 Å². The number of carboxylic acids is 1. The van der Waals surface area contributed by atoms with E-state index in [1.807, 2.05) is 0 Å². The van der Waals surface area contributed by atoms with Gasteiger partial charge in [0.15, 0.2) is 23.8 Å². The lowest BCUT2D eigenvalue weighted by molar-refractivity contribution is -0.142. The highest BCUT2D eigenvalue weighted by molar-refractivity contribution is 7.80. The van der Waals surface area contributed by atoms with Crippen LogP contribution < -0.4 is 110 Å². The van der Waals surface area contributed by atoms with Crippen LogP contribution in [0, 0.1) is 11.8 Å². The lowest BCUT2D eigenvalue weighted by Crippen LogP contribution is -2.61. The Hall–Kier alpha value is -9.73. The van der Waals surface area contributed by atoms with Gasteiger partial charge in [0.25, 0.3) is 0 Å². The topological polar surface area (TPSA) is 658 Å². The molecule has 30 N–H and O–H groups in total. The summed E-state index contributed by atoms with van der Waals surface area (Å²) in [5, 5.41) is 37.4. The van der Waals surface area contributed by atoms with Crippen molar-refractivity contribution < 1.29 is 67.4 Å². The number of aldehydes is 1. The van der Waals surface area contributed by atoms with Gasteiger partial charge in [0.05, 0.1) is 31.6 Å². The number of carboxylic acid groups (broad SMARTS) is 1. The molecule has 0 unspecified atom stereocenters. The van der Waals surface area contributed by atoms with Crippen molar-refractivity contribution in [2.24, 2.45) is 83.4 Å². The van der Waals surface area contributed by atoms with Gasteiger partial charge in [-0.1, -0.05) is 70.9 Å². The number of nitrogens with zero attached hydrogens (tertiary/aromatic N) is 4. The predicted molar refractivity (Wildman–Crippen MR) is 376 cm³/mol. The first-order valence-electron chi connectivity index (χ1n) is 32.0. The number of aliphatic carboxylic acids is 1. The number of benzene rings is 1. The highest BCUT2D eigenvalue weighted by atomic mass is 32.1. The zero-order valence-electron chi connectivity index (χ0n) is 56.2. The van der Waals surface area contributed by atoms with E-state index in [0.29, 0.717) is 31.1 Å². The molecule has 40 heteroatoms. The molecule has 38 nitrogen and oxygen atoms in total. The van der Waals surface area contributed by atoms with Crippen LogP contribution in [-0.4, -0.2) is 217 Å². The number of hydrogen-bond donors (Lipinski definition) is 23. The van der Waals surface area contributed by atoms with E-state index in [9.17, 15) is 67.4 Å². The maximum atomic E-state index is 14.3. The third-order valence-electron chi connectivity index (χ3n) is 15.0. The summed E-state index contributed by atoms with van der Waals surface area (Å²) < 4.78 is 0. The van der Waals surface area contributed by atoms with Crippen molar-refractivity contribution in [3.63, 3.8) is 0 Å². The average Bonchev–Trinajstić information content (AvgIpc) is 0.866. The van der Waals surface area contributed by atoms with Gasteiger partial charge < -0.3 is 120 Å². The maximum absolute atomic E-state index is 14.3. The highest BCUT2D eigenvalue weighted by Crippen LogP contribution is 2.14. The Morgan fingerprint density at radius 2 is 0.838 bits per heavy atom. The number of amides is 11. The zero-order valence-corrected chi connectivity index (χ0v) is 58.0. The fourth-order valence-electron chi connectivity index (χ4n) is 9.04. The number of carbonyl (C=O) groups is 13. The zero-order chi connectivity index (χ0) is 74.7. The summed E-state index contributed by atoms with van der Waals surface area (Å²) in [6, 6.07) is -5.22. The molecule has 0 saturated heterocycles. The standard InChI is InChI=1S/C59H102N24O14S2/c1-5-31(3)45(54(96)79-39(25-44(87)88)51(93)77-37(19-13-23-72-59(67)68)50(92)83-46(32(4)6-2)55(97)81-40(29-98)52(94)75-34(28-84)16-10-20-69-56(61)62)82-49(91)36(18-12-22-71-58(65)66)76-43(86)27-73-42(85)26-74-48(90)38(24-33-14-8-7-9-15-33)78-53(95)41(30-99)80-47(89)35(60)17-11-21-70-57(63)64/h7-9,14-15,28,31-32,34-41,45-46,98-99H,5-6,10-13,16-27,29-30,60H2,1-4H3,(H,73,85)(H,74,90)(H,75,94)(H,76,86)(H,77,93)(H,78,95)(H,79,96)(H,80,89)(H,81,97)(H,82,91)(H,83,92)(H,87,88)(H4,61,62,69)(H4,63,64,70)(H4,65,66,71)(H4,67,68,72)/t31-,32-,34-,35-,36-,37-,38-,39-,40-,41-,45-,46-/m0/s1. The minimum atomic E-state index is -1.93. The van der Waals surface area contributed by atoms with Gasteiger partial charge in [0, 0.05) is 44.1 Å². The molecule has 0 fully saturated rings. The van der Waals surface area contributed by atoms with Gasteiger partial charge >= 0.3 is 5.97 Å². The normalized spacial score (nSPS) is 14.4. The second kappa shape index (κ2) is 48.1. The molecule has 1 aromatic rings. The van der Waals surface area contributed by atoms with Crippen molar-refractivity contribution in [1.29, 1.82) is 0 Å².